The molecule has 8 aromatic rings. The third-order valence-corrected chi connectivity index (χ3v) is 10.2. The van der Waals surface area contributed by atoms with Gasteiger partial charge in [0.25, 0.3) is 0 Å². The van der Waals surface area contributed by atoms with Crippen molar-refractivity contribution < 1.29 is 0 Å². The average Bonchev–Trinajstić information content (AvgIpc) is 3.42. The third kappa shape index (κ3) is 4.98. The standard InChI is InChI=1S/C48H35N/c1-48(2)43-23-12-11-22-41(43)46-42(29-38-18-9-10-21-40(38)47(46)48)33-26-24-32(25-27-33)36-19-13-20-37(28-36)39-30-44(34-14-5-3-6-15-34)49-45(31-39)35-16-7-4-8-17-35/h3-31H,1-2H3. The van der Waals surface area contributed by atoms with Crippen LogP contribution >= 0.6 is 0 Å². The summed E-state index contributed by atoms with van der Waals surface area (Å²) in [6.45, 7) is 4.75. The van der Waals surface area contributed by atoms with Crippen molar-refractivity contribution in [2.75, 3.05) is 0 Å². The highest BCUT2D eigenvalue weighted by atomic mass is 14.7. The Hall–Kier alpha value is -6.05. The van der Waals surface area contributed by atoms with Gasteiger partial charge in [0, 0.05) is 16.5 Å². The van der Waals surface area contributed by atoms with Gasteiger partial charge in [-0.25, -0.2) is 4.98 Å². The molecule has 0 bridgehead atoms. The Kier molecular flexibility index (Phi) is 6.88. The smallest absolute Gasteiger partial charge is 0.0715 e. The van der Waals surface area contributed by atoms with Crippen LogP contribution in [0.15, 0.2) is 176 Å². The predicted molar refractivity (Wildman–Crippen MR) is 206 cm³/mol. The van der Waals surface area contributed by atoms with Crippen LogP contribution in [-0.2, 0) is 5.41 Å². The van der Waals surface area contributed by atoms with Gasteiger partial charge in [0.1, 0.15) is 0 Å². The van der Waals surface area contributed by atoms with Crippen molar-refractivity contribution in [3.05, 3.63) is 187 Å². The minimum Gasteiger partial charge on any atom is -0.248 e. The molecule has 0 unspecified atom stereocenters. The zero-order chi connectivity index (χ0) is 33.0. The van der Waals surface area contributed by atoms with Crippen LogP contribution in [0.1, 0.15) is 25.0 Å². The Bertz CT molecular complexity index is 2430. The van der Waals surface area contributed by atoms with Crippen LogP contribution < -0.4 is 0 Å². The summed E-state index contributed by atoms with van der Waals surface area (Å²) in [7, 11) is 0. The summed E-state index contributed by atoms with van der Waals surface area (Å²) in [6, 6.07) is 63.6. The Morgan fingerprint density at radius 2 is 0.939 bits per heavy atom. The van der Waals surface area contributed by atoms with E-state index < -0.39 is 0 Å². The molecule has 1 heteroatoms. The van der Waals surface area contributed by atoms with Crippen molar-refractivity contribution >= 4 is 10.8 Å². The average molecular weight is 626 g/mol. The van der Waals surface area contributed by atoms with Gasteiger partial charge in [0.15, 0.2) is 0 Å². The fourth-order valence-corrected chi connectivity index (χ4v) is 7.82. The molecule has 1 aliphatic rings. The molecule has 0 N–H and O–H groups in total. The molecule has 1 aromatic heterocycles. The molecular formula is C48H35N. The number of nitrogens with zero attached hydrogens (tertiary/aromatic N) is 1. The molecule has 1 heterocycles. The first-order valence-corrected chi connectivity index (χ1v) is 17.0. The SMILES string of the molecule is CC1(C)c2ccccc2-c2c(-c3ccc(-c4cccc(-c5cc(-c6ccccc6)nc(-c6ccccc6)c5)c4)cc3)cc3ccccc3c21. The number of hydrogen-bond donors (Lipinski definition) is 0. The Morgan fingerprint density at radius 3 is 1.63 bits per heavy atom. The van der Waals surface area contributed by atoms with E-state index >= 15 is 0 Å². The fourth-order valence-electron chi connectivity index (χ4n) is 7.82. The molecule has 9 rings (SSSR count). The molecule has 1 aliphatic carbocycles. The number of hydrogen-bond acceptors (Lipinski definition) is 1. The van der Waals surface area contributed by atoms with E-state index in [-0.39, 0.29) is 5.41 Å². The molecule has 0 saturated carbocycles. The lowest BCUT2D eigenvalue weighted by Crippen LogP contribution is -2.15. The van der Waals surface area contributed by atoms with Crippen molar-refractivity contribution in [2.24, 2.45) is 0 Å². The van der Waals surface area contributed by atoms with Crippen LogP contribution in [0.2, 0.25) is 0 Å². The van der Waals surface area contributed by atoms with Crippen LogP contribution in [0.5, 0.6) is 0 Å². The molecule has 232 valence electrons. The fraction of sp³-hybridized carbons (Fsp3) is 0.0625. The van der Waals surface area contributed by atoms with E-state index in [1.165, 1.54) is 60.8 Å². The van der Waals surface area contributed by atoms with Crippen molar-refractivity contribution in [1.82, 2.24) is 4.98 Å². The van der Waals surface area contributed by atoms with Crippen LogP contribution in [-0.4, -0.2) is 4.98 Å². The second-order valence-corrected chi connectivity index (χ2v) is 13.6. The maximum Gasteiger partial charge on any atom is 0.0715 e. The van der Waals surface area contributed by atoms with E-state index in [2.05, 4.69) is 178 Å². The maximum absolute atomic E-state index is 5.09. The number of rotatable bonds is 5. The first kappa shape index (κ1) is 29.1. The molecule has 7 aromatic carbocycles. The normalized spacial score (nSPS) is 12.9. The molecule has 0 amide bonds. The van der Waals surface area contributed by atoms with Gasteiger partial charge in [0.2, 0.25) is 0 Å². The van der Waals surface area contributed by atoms with Gasteiger partial charge in [-0.15, -0.1) is 0 Å². The lowest BCUT2D eigenvalue weighted by Gasteiger charge is -2.24. The Morgan fingerprint density at radius 1 is 0.388 bits per heavy atom. The van der Waals surface area contributed by atoms with E-state index in [1.807, 2.05) is 12.1 Å². The zero-order valence-electron chi connectivity index (χ0n) is 27.7. The quantitative estimate of drug-likeness (QED) is 0.185. The van der Waals surface area contributed by atoms with E-state index in [4.69, 9.17) is 4.98 Å². The number of fused-ring (bicyclic) bond motifs is 5. The largest absolute Gasteiger partial charge is 0.248 e. The summed E-state index contributed by atoms with van der Waals surface area (Å²) in [5, 5.41) is 2.63. The summed E-state index contributed by atoms with van der Waals surface area (Å²) in [4.78, 5) is 5.09. The highest BCUT2D eigenvalue weighted by Gasteiger charge is 2.38. The molecule has 0 saturated heterocycles. The number of pyridine rings is 1. The van der Waals surface area contributed by atoms with E-state index in [9.17, 15) is 0 Å². The first-order valence-electron chi connectivity index (χ1n) is 17.0. The minimum atomic E-state index is -0.0738. The predicted octanol–water partition coefficient (Wildman–Crippen LogP) is 12.9. The second kappa shape index (κ2) is 11.6. The summed E-state index contributed by atoms with van der Waals surface area (Å²) in [6.07, 6.45) is 0. The van der Waals surface area contributed by atoms with E-state index in [0.717, 1.165) is 28.1 Å². The highest BCUT2D eigenvalue weighted by Crippen LogP contribution is 2.54. The number of aromatic nitrogens is 1. The van der Waals surface area contributed by atoms with Crippen molar-refractivity contribution in [3.8, 4) is 67.0 Å². The monoisotopic (exact) mass is 625 g/mol. The molecule has 0 spiro atoms. The van der Waals surface area contributed by atoms with Crippen molar-refractivity contribution in [1.29, 1.82) is 0 Å². The summed E-state index contributed by atoms with van der Waals surface area (Å²) in [5.41, 5.74) is 16.9. The van der Waals surface area contributed by atoms with Crippen LogP contribution in [0.4, 0.5) is 0 Å². The third-order valence-electron chi connectivity index (χ3n) is 10.2. The van der Waals surface area contributed by atoms with Gasteiger partial charge in [-0.2, -0.15) is 0 Å². The summed E-state index contributed by atoms with van der Waals surface area (Å²) in [5.74, 6) is 0. The van der Waals surface area contributed by atoms with Gasteiger partial charge in [-0.05, 0) is 90.7 Å². The van der Waals surface area contributed by atoms with E-state index in [0.29, 0.717) is 0 Å². The van der Waals surface area contributed by atoms with Crippen molar-refractivity contribution in [3.63, 3.8) is 0 Å². The van der Waals surface area contributed by atoms with Gasteiger partial charge >= 0.3 is 0 Å². The molecule has 0 fully saturated rings. The Balaban J connectivity index is 1.13. The van der Waals surface area contributed by atoms with Gasteiger partial charge < -0.3 is 0 Å². The topological polar surface area (TPSA) is 12.9 Å². The van der Waals surface area contributed by atoms with E-state index in [1.54, 1.807) is 0 Å². The Labute approximate surface area is 288 Å². The van der Waals surface area contributed by atoms with Crippen molar-refractivity contribution in [2.45, 2.75) is 19.3 Å². The molecule has 49 heavy (non-hydrogen) atoms. The zero-order valence-corrected chi connectivity index (χ0v) is 27.7. The highest BCUT2D eigenvalue weighted by molar-refractivity contribution is 6.04. The summed E-state index contributed by atoms with van der Waals surface area (Å²) < 4.78 is 0. The first-order chi connectivity index (χ1) is 24.0. The second-order valence-electron chi connectivity index (χ2n) is 13.6. The lowest BCUT2D eigenvalue weighted by molar-refractivity contribution is 0.666. The van der Waals surface area contributed by atoms with Crippen LogP contribution in [0.25, 0.3) is 77.8 Å². The molecule has 0 aliphatic heterocycles. The molecular weight excluding hydrogens is 591 g/mol. The lowest BCUT2D eigenvalue weighted by atomic mass is 9.79. The minimum absolute atomic E-state index is 0.0738. The van der Waals surface area contributed by atoms with Crippen LogP contribution in [0, 0.1) is 0 Å². The van der Waals surface area contributed by atoms with Gasteiger partial charge in [0.05, 0.1) is 11.4 Å². The molecule has 0 radical (unpaired) electrons. The summed E-state index contributed by atoms with van der Waals surface area (Å²) >= 11 is 0. The van der Waals surface area contributed by atoms with Crippen LogP contribution in [0.3, 0.4) is 0 Å². The van der Waals surface area contributed by atoms with Gasteiger partial charge in [-0.1, -0.05) is 166 Å². The molecule has 1 nitrogen and oxygen atoms in total. The maximum atomic E-state index is 5.09. The number of benzene rings is 7. The van der Waals surface area contributed by atoms with Gasteiger partial charge in [-0.3, -0.25) is 0 Å². The molecule has 0 atom stereocenters.